The molecule has 0 heterocycles. The molecule has 0 fully saturated rings. The third kappa shape index (κ3) is 5.16. The van der Waals surface area contributed by atoms with E-state index in [0.717, 1.165) is 12.0 Å². The highest BCUT2D eigenvalue weighted by atomic mass is 16.5. The molecule has 3 N–H and O–H groups in total. The Bertz CT molecular complexity index is 369. The van der Waals surface area contributed by atoms with Crippen LogP contribution in [0.1, 0.15) is 12.0 Å². The van der Waals surface area contributed by atoms with Gasteiger partial charge in [-0.25, -0.2) is 0 Å². The predicted octanol–water partition coefficient (Wildman–Crippen LogP) is 0.677. The molecule has 5 heteroatoms. The van der Waals surface area contributed by atoms with E-state index in [2.05, 4.69) is 5.32 Å². The van der Waals surface area contributed by atoms with Gasteiger partial charge < -0.3 is 20.5 Å². The number of hydrogen-bond donors (Lipinski definition) is 2. The van der Waals surface area contributed by atoms with E-state index in [1.54, 1.807) is 13.2 Å². The van der Waals surface area contributed by atoms with Crippen molar-refractivity contribution in [1.29, 1.82) is 0 Å². The van der Waals surface area contributed by atoms with Crippen LogP contribution in [0.2, 0.25) is 0 Å². The zero-order valence-corrected chi connectivity index (χ0v) is 10.6. The molecule has 0 aliphatic carbocycles. The minimum absolute atomic E-state index is 0.00396. The maximum atomic E-state index is 11.5. The minimum atomic E-state index is -0.141. The molecule has 0 aliphatic heterocycles. The summed E-state index contributed by atoms with van der Waals surface area (Å²) in [7, 11) is 1.63. The fourth-order valence-electron chi connectivity index (χ4n) is 1.45. The van der Waals surface area contributed by atoms with Crippen LogP contribution in [0.3, 0.4) is 0 Å². The molecule has 0 spiro atoms. The second-order valence-electron chi connectivity index (χ2n) is 3.80. The van der Waals surface area contributed by atoms with Gasteiger partial charge in [0.2, 0.25) is 0 Å². The van der Waals surface area contributed by atoms with Crippen LogP contribution in [0.5, 0.6) is 5.75 Å². The first-order valence-electron chi connectivity index (χ1n) is 5.94. The van der Waals surface area contributed by atoms with Crippen molar-refractivity contribution in [2.24, 2.45) is 5.73 Å². The summed E-state index contributed by atoms with van der Waals surface area (Å²) in [6, 6.07) is 7.43. The number of methoxy groups -OCH3 is 1. The number of hydrogen-bond acceptors (Lipinski definition) is 4. The van der Waals surface area contributed by atoms with Crippen molar-refractivity contribution in [3.05, 3.63) is 29.8 Å². The first-order valence-corrected chi connectivity index (χ1v) is 5.94. The number of carbonyl (C=O) groups excluding carboxylic acids is 1. The topological polar surface area (TPSA) is 73.6 Å². The second-order valence-corrected chi connectivity index (χ2v) is 3.80. The Morgan fingerprint density at radius 3 is 2.89 bits per heavy atom. The number of nitrogens with one attached hydrogen (secondary N) is 1. The summed E-state index contributed by atoms with van der Waals surface area (Å²) in [6.07, 6.45) is 0.793. The average Bonchev–Trinajstić information content (AvgIpc) is 2.41. The smallest absolute Gasteiger partial charge is 0.257 e. The maximum absolute atomic E-state index is 11.5. The molecular weight excluding hydrogens is 232 g/mol. The molecule has 100 valence electrons. The molecule has 0 radical (unpaired) electrons. The lowest BCUT2D eigenvalue weighted by molar-refractivity contribution is -0.123. The predicted molar refractivity (Wildman–Crippen MR) is 69.3 cm³/mol. The van der Waals surface area contributed by atoms with Crippen LogP contribution in [-0.2, 0) is 16.1 Å². The van der Waals surface area contributed by atoms with E-state index in [1.807, 2.05) is 18.2 Å². The van der Waals surface area contributed by atoms with Crippen molar-refractivity contribution in [3.8, 4) is 5.75 Å². The largest absolute Gasteiger partial charge is 0.483 e. The normalized spacial score (nSPS) is 10.1. The molecular formula is C13H20N2O3. The molecule has 1 amide bonds. The van der Waals surface area contributed by atoms with Gasteiger partial charge in [-0.15, -0.1) is 0 Å². The standard InChI is InChI=1S/C13H20N2O3/c1-17-8-4-7-15-13(16)10-18-12-6-3-2-5-11(12)9-14/h2-3,5-6H,4,7-10,14H2,1H3,(H,15,16). The highest BCUT2D eigenvalue weighted by Crippen LogP contribution is 2.16. The summed E-state index contributed by atoms with van der Waals surface area (Å²) in [5.41, 5.74) is 6.47. The lowest BCUT2D eigenvalue weighted by atomic mass is 10.2. The summed E-state index contributed by atoms with van der Waals surface area (Å²) in [4.78, 5) is 11.5. The Labute approximate surface area is 107 Å². The van der Waals surface area contributed by atoms with Gasteiger partial charge in [-0.3, -0.25) is 4.79 Å². The van der Waals surface area contributed by atoms with Gasteiger partial charge in [-0.05, 0) is 12.5 Å². The summed E-state index contributed by atoms with van der Waals surface area (Å²) in [5.74, 6) is 0.518. The van der Waals surface area contributed by atoms with Gasteiger partial charge in [0.1, 0.15) is 5.75 Å². The third-order valence-corrected chi connectivity index (χ3v) is 2.40. The molecule has 0 saturated carbocycles. The summed E-state index contributed by atoms with van der Waals surface area (Å²) >= 11 is 0. The molecule has 1 aromatic carbocycles. The minimum Gasteiger partial charge on any atom is -0.483 e. The van der Waals surface area contributed by atoms with Crippen molar-refractivity contribution in [1.82, 2.24) is 5.32 Å². The highest BCUT2D eigenvalue weighted by Gasteiger charge is 2.04. The molecule has 0 saturated heterocycles. The number of benzene rings is 1. The number of amides is 1. The number of carbonyl (C=O) groups is 1. The van der Waals surface area contributed by atoms with E-state index in [4.69, 9.17) is 15.2 Å². The average molecular weight is 252 g/mol. The number of para-hydroxylation sites is 1. The molecule has 18 heavy (non-hydrogen) atoms. The number of ether oxygens (including phenoxy) is 2. The summed E-state index contributed by atoms with van der Waals surface area (Å²) in [6.45, 7) is 1.63. The SMILES string of the molecule is COCCCNC(=O)COc1ccccc1CN. The summed E-state index contributed by atoms with van der Waals surface area (Å²) < 4.78 is 10.3. The quantitative estimate of drug-likeness (QED) is 0.667. The fraction of sp³-hybridized carbons (Fsp3) is 0.462. The lowest BCUT2D eigenvalue weighted by Crippen LogP contribution is -2.30. The van der Waals surface area contributed by atoms with E-state index in [0.29, 0.717) is 25.4 Å². The van der Waals surface area contributed by atoms with Crippen LogP contribution in [0, 0.1) is 0 Å². The van der Waals surface area contributed by atoms with Gasteiger partial charge in [0.25, 0.3) is 5.91 Å². The second kappa shape index (κ2) is 8.49. The maximum Gasteiger partial charge on any atom is 0.257 e. The van der Waals surface area contributed by atoms with E-state index in [9.17, 15) is 4.79 Å². The van der Waals surface area contributed by atoms with Crippen LogP contribution in [-0.4, -0.2) is 32.8 Å². The Morgan fingerprint density at radius 2 is 2.17 bits per heavy atom. The van der Waals surface area contributed by atoms with Crippen LogP contribution >= 0.6 is 0 Å². The van der Waals surface area contributed by atoms with E-state index in [-0.39, 0.29) is 12.5 Å². The first-order chi connectivity index (χ1) is 8.77. The molecule has 5 nitrogen and oxygen atoms in total. The van der Waals surface area contributed by atoms with Crippen LogP contribution in [0.4, 0.5) is 0 Å². The van der Waals surface area contributed by atoms with Crippen molar-refractivity contribution in [2.75, 3.05) is 26.9 Å². The third-order valence-electron chi connectivity index (χ3n) is 2.40. The van der Waals surface area contributed by atoms with Gasteiger partial charge in [0, 0.05) is 32.4 Å². The van der Waals surface area contributed by atoms with Crippen molar-refractivity contribution >= 4 is 5.91 Å². The molecule has 1 rings (SSSR count). The molecule has 0 atom stereocenters. The summed E-state index contributed by atoms with van der Waals surface area (Å²) in [5, 5.41) is 2.75. The van der Waals surface area contributed by atoms with Crippen molar-refractivity contribution in [3.63, 3.8) is 0 Å². The van der Waals surface area contributed by atoms with E-state index < -0.39 is 0 Å². The van der Waals surface area contributed by atoms with Crippen LogP contribution in [0.15, 0.2) is 24.3 Å². The first kappa shape index (κ1) is 14.5. The Kier molecular flexibility index (Phi) is 6.83. The zero-order valence-electron chi connectivity index (χ0n) is 10.6. The fourth-order valence-corrected chi connectivity index (χ4v) is 1.45. The van der Waals surface area contributed by atoms with Gasteiger partial charge in [-0.1, -0.05) is 18.2 Å². The Morgan fingerprint density at radius 1 is 1.39 bits per heavy atom. The molecule has 0 aliphatic rings. The molecule has 1 aromatic rings. The monoisotopic (exact) mass is 252 g/mol. The van der Waals surface area contributed by atoms with Gasteiger partial charge in [-0.2, -0.15) is 0 Å². The van der Waals surface area contributed by atoms with Gasteiger partial charge in [0.05, 0.1) is 0 Å². The number of nitrogens with two attached hydrogens (primary N) is 1. The Balaban J connectivity index is 2.29. The molecule has 0 bridgehead atoms. The van der Waals surface area contributed by atoms with Gasteiger partial charge in [0.15, 0.2) is 6.61 Å². The number of rotatable bonds is 8. The Hall–Kier alpha value is -1.59. The zero-order chi connectivity index (χ0) is 13.2. The highest BCUT2D eigenvalue weighted by molar-refractivity contribution is 5.77. The van der Waals surface area contributed by atoms with Crippen molar-refractivity contribution in [2.45, 2.75) is 13.0 Å². The van der Waals surface area contributed by atoms with Crippen molar-refractivity contribution < 1.29 is 14.3 Å². The molecule has 0 unspecified atom stereocenters. The van der Waals surface area contributed by atoms with E-state index in [1.165, 1.54) is 0 Å². The van der Waals surface area contributed by atoms with E-state index >= 15 is 0 Å². The van der Waals surface area contributed by atoms with Crippen LogP contribution in [0.25, 0.3) is 0 Å². The van der Waals surface area contributed by atoms with Crippen LogP contribution < -0.4 is 15.8 Å². The molecule has 0 aromatic heterocycles. The lowest BCUT2D eigenvalue weighted by Gasteiger charge is -2.10. The van der Waals surface area contributed by atoms with Gasteiger partial charge >= 0.3 is 0 Å².